The molecule has 0 saturated carbocycles. The van der Waals surface area contributed by atoms with Gasteiger partial charge in [-0.2, -0.15) is 5.10 Å². The number of amides is 1. The Labute approximate surface area is 235 Å². The van der Waals surface area contributed by atoms with Crippen LogP contribution in [0.3, 0.4) is 0 Å². The smallest absolute Gasteiger partial charge is 0.255 e. The Morgan fingerprint density at radius 2 is 2.08 bits per heavy atom. The summed E-state index contributed by atoms with van der Waals surface area (Å²) >= 11 is 6.76. The Bertz CT molecular complexity index is 1550. The van der Waals surface area contributed by atoms with Gasteiger partial charge < -0.3 is 19.7 Å². The number of benzene rings is 1. The van der Waals surface area contributed by atoms with Gasteiger partial charge >= 0.3 is 0 Å². The van der Waals surface area contributed by atoms with E-state index in [0.29, 0.717) is 34.2 Å². The van der Waals surface area contributed by atoms with Crippen LogP contribution in [0.4, 0.5) is 4.39 Å². The topological polar surface area (TPSA) is 112 Å². The lowest BCUT2D eigenvalue weighted by molar-refractivity contribution is 0.0945. The van der Waals surface area contributed by atoms with Gasteiger partial charge in [-0.25, -0.2) is 9.07 Å². The highest BCUT2D eigenvalue weighted by atomic mass is 35.5. The van der Waals surface area contributed by atoms with Gasteiger partial charge in [-0.05, 0) is 38.1 Å². The first-order valence-corrected chi connectivity index (χ1v) is 13.1. The Balaban J connectivity index is 1.39. The number of likely N-dealkylation sites (N-methyl/N-ethyl adjacent to an activating group) is 1. The molecule has 40 heavy (non-hydrogen) atoms. The zero-order valence-electron chi connectivity index (χ0n) is 22.7. The van der Waals surface area contributed by atoms with Gasteiger partial charge in [0.25, 0.3) is 5.91 Å². The SMILES string of the molecule is COCc1nn(Cc2cnc3c(c2Cl)CCN(C)C3)cc1C(=O)NCc1c(-n2cc(C)nn2)ccc(OC)c1F. The van der Waals surface area contributed by atoms with Gasteiger partial charge in [0.05, 0.1) is 54.1 Å². The van der Waals surface area contributed by atoms with E-state index >= 15 is 4.39 Å². The van der Waals surface area contributed by atoms with Crippen molar-refractivity contribution in [3.63, 3.8) is 0 Å². The quantitative estimate of drug-likeness (QED) is 0.328. The predicted molar refractivity (Wildman–Crippen MR) is 145 cm³/mol. The third kappa shape index (κ3) is 5.55. The Morgan fingerprint density at radius 1 is 1.25 bits per heavy atom. The van der Waals surface area contributed by atoms with E-state index in [0.717, 1.165) is 36.3 Å². The average Bonchev–Trinajstić information content (AvgIpc) is 3.55. The lowest BCUT2D eigenvalue weighted by Crippen LogP contribution is -2.28. The number of rotatable bonds is 9. The van der Waals surface area contributed by atoms with Crippen molar-refractivity contribution in [2.75, 3.05) is 27.8 Å². The number of ether oxygens (including phenoxy) is 2. The van der Waals surface area contributed by atoms with Crippen LogP contribution in [0.2, 0.25) is 5.02 Å². The Kier molecular flexibility index (Phi) is 8.10. The summed E-state index contributed by atoms with van der Waals surface area (Å²) in [6.45, 7) is 3.78. The molecule has 4 heterocycles. The molecule has 0 bridgehead atoms. The van der Waals surface area contributed by atoms with Gasteiger partial charge in [-0.1, -0.05) is 16.8 Å². The largest absolute Gasteiger partial charge is 0.494 e. The first-order valence-electron chi connectivity index (χ1n) is 12.7. The Morgan fingerprint density at radius 3 is 2.80 bits per heavy atom. The number of carbonyl (C=O) groups is 1. The maximum Gasteiger partial charge on any atom is 0.255 e. The van der Waals surface area contributed by atoms with Crippen LogP contribution in [0.15, 0.2) is 30.7 Å². The number of aryl methyl sites for hydroxylation is 1. The fraction of sp³-hybridized carbons (Fsp3) is 0.370. The minimum absolute atomic E-state index is 0.0555. The molecule has 4 aromatic rings. The van der Waals surface area contributed by atoms with E-state index in [9.17, 15) is 4.79 Å². The van der Waals surface area contributed by atoms with Crippen molar-refractivity contribution in [3.05, 3.63) is 80.9 Å². The van der Waals surface area contributed by atoms with E-state index in [2.05, 4.69) is 37.7 Å². The van der Waals surface area contributed by atoms with Gasteiger partial charge in [0.1, 0.15) is 5.69 Å². The lowest BCUT2D eigenvalue weighted by atomic mass is 10.0. The van der Waals surface area contributed by atoms with Crippen molar-refractivity contribution < 1.29 is 18.7 Å². The van der Waals surface area contributed by atoms with Gasteiger partial charge in [0.15, 0.2) is 11.6 Å². The summed E-state index contributed by atoms with van der Waals surface area (Å²) in [6.07, 6.45) is 5.89. The summed E-state index contributed by atoms with van der Waals surface area (Å²) in [5, 5.41) is 16.1. The zero-order chi connectivity index (χ0) is 28.4. The number of carbonyl (C=O) groups excluding carboxylic acids is 1. The number of halogens is 2. The predicted octanol–water partition coefficient (Wildman–Crippen LogP) is 3.08. The van der Waals surface area contributed by atoms with E-state index in [1.54, 1.807) is 36.3 Å². The van der Waals surface area contributed by atoms with E-state index < -0.39 is 11.7 Å². The van der Waals surface area contributed by atoms with Gasteiger partial charge in [-0.3, -0.25) is 14.5 Å². The fourth-order valence-electron chi connectivity index (χ4n) is 4.76. The third-order valence-electron chi connectivity index (χ3n) is 6.81. The number of hydrogen-bond acceptors (Lipinski definition) is 8. The van der Waals surface area contributed by atoms with Crippen LogP contribution in [0.25, 0.3) is 5.69 Å². The minimum Gasteiger partial charge on any atom is -0.494 e. The molecule has 210 valence electrons. The average molecular weight is 569 g/mol. The van der Waals surface area contributed by atoms with Crippen molar-refractivity contribution >= 4 is 17.5 Å². The summed E-state index contributed by atoms with van der Waals surface area (Å²) in [4.78, 5) is 20.2. The summed E-state index contributed by atoms with van der Waals surface area (Å²) in [7, 11) is 4.97. The monoisotopic (exact) mass is 568 g/mol. The number of aromatic nitrogens is 6. The molecule has 0 radical (unpaired) electrons. The highest BCUT2D eigenvalue weighted by Gasteiger charge is 2.23. The second-order valence-electron chi connectivity index (χ2n) is 9.70. The Hall–Kier alpha value is -3.87. The highest BCUT2D eigenvalue weighted by molar-refractivity contribution is 6.32. The van der Waals surface area contributed by atoms with E-state index in [1.807, 2.05) is 0 Å². The van der Waals surface area contributed by atoms with Crippen LogP contribution in [0, 0.1) is 12.7 Å². The van der Waals surface area contributed by atoms with Crippen LogP contribution in [-0.4, -0.2) is 68.4 Å². The molecule has 0 atom stereocenters. The van der Waals surface area contributed by atoms with Crippen LogP contribution >= 0.6 is 11.6 Å². The van der Waals surface area contributed by atoms with Crippen molar-refractivity contribution in [2.24, 2.45) is 0 Å². The summed E-state index contributed by atoms with van der Waals surface area (Å²) in [5.41, 5.74) is 4.92. The minimum atomic E-state index is -0.595. The molecule has 0 spiro atoms. The molecule has 1 aliphatic rings. The summed E-state index contributed by atoms with van der Waals surface area (Å²) in [5.74, 6) is -0.971. The number of methoxy groups -OCH3 is 2. The van der Waals surface area contributed by atoms with Gasteiger partial charge in [0, 0.05) is 50.3 Å². The normalized spacial score (nSPS) is 13.3. The zero-order valence-corrected chi connectivity index (χ0v) is 23.5. The molecule has 3 aromatic heterocycles. The summed E-state index contributed by atoms with van der Waals surface area (Å²) < 4.78 is 28.9. The van der Waals surface area contributed by atoms with E-state index in [4.69, 9.17) is 21.1 Å². The van der Waals surface area contributed by atoms with Gasteiger partial charge in [-0.15, -0.1) is 5.10 Å². The molecule has 0 fully saturated rings. The van der Waals surface area contributed by atoms with Crippen molar-refractivity contribution in [2.45, 2.75) is 39.6 Å². The second-order valence-corrected chi connectivity index (χ2v) is 10.1. The lowest BCUT2D eigenvalue weighted by Gasteiger charge is -2.25. The molecule has 1 aliphatic heterocycles. The number of hydrogen-bond donors (Lipinski definition) is 1. The standard InChI is InChI=1S/C27H30ClFN8O3/c1-16-11-37(34-32-16)23-5-6-24(40-4)26(29)19(23)10-31-27(38)20-13-36(33-22(20)15-39-3)12-17-9-30-21-14-35(2)8-7-18(21)25(17)28/h5-6,9,11,13H,7-8,10,12,14-15H2,1-4H3,(H,31,38). The molecule has 5 rings (SSSR count). The summed E-state index contributed by atoms with van der Waals surface area (Å²) in [6, 6.07) is 3.17. The maximum atomic E-state index is 15.3. The number of pyridine rings is 1. The van der Waals surface area contributed by atoms with Gasteiger partial charge in [0.2, 0.25) is 0 Å². The molecule has 1 N–H and O–H groups in total. The molecular weight excluding hydrogens is 539 g/mol. The molecule has 1 aromatic carbocycles. The highest BCUT2D eigenvalue weighted by Crippen LogP contribution is 2.29. The molecule has 0 saturated heterocycles. The van der Waals surface area contributed by atoms with E-state index in [1.165, 1.54) is 25.0 Å². The molecule has 1 amide bonds. The third-order valence-corrected chi connectivity index (χ3v) is 7.29. The van der Waals surface area contributed by atoms with Crippen molar-refractivity contribution in [1.29, 1.82) is 0 Å². The van der Waals surface area contributed by atoms with Crippen molar-refractivity contribution in [1.82, 2.24) is 40.0 Å². The number of nitrogens with one attached hydrogen (secondary N) is 1. The first-order chi connectivity index (χ1) is 19.3. The maximum absolute atomic E-state index is 15.3. The second kappa shape index (κ2) is 11.7. The fourth-order valence-corrected chi connectivity index (χ4v) is 5.07. The van der Waals surface area contributed by atoms with Crippen molar-refractivity contribution in [3.8, 4) is 11.4 Å². The van der Waals surface area contributed by atoms with Crippen LogP contribution in [0.5, 0.6) is 5.75 Å². The van der Waals surface area contributed by atoms with Crippen LogP contribution in [0.1, 0.15) is 44.1 Å². The van der Waals surface area contributed by atoms with Crippen LogP contribution in [-0.2, 0) is 37.4 Å². The molecule has 13 heteroatoms. The number of fused-ring (bicyclic) bond motifs is 1. The molecule has 0 unspecified atom stereocenters. The van der Waals surface area contributed by atoms with E-state index in [-0.39, 0.29) is 24.5 Å². The number of nitrogens with zero attached hydrogens (tertiary/aromatic N) is 7. The molecular formula is C27H30ClFN8O3. The van der Waals surface area contributed by atoms with Crippen LogP contribution < -0.4 is 10.1 Å². The molecule has 0 aliphatic carbocycles. The first kappa shape index (κ1) is 27.7. The molecule has 11 nitrogen and oxygen atoms in total.